The quantitative estimate of drug-likeness (QED) is 0.757. The van der Waals surface area contributed by atoms with E-state index in [1.54, 1.807) is 6.92 Å². The minimum absolute atomic E-state index is 0.357. The van der Waals surface area contributed by atoms with Crippen LogP contribution in [-0.2, 0) is 17.8 Å². The number of piperazine rings is 1. The maximum atomic E-state index is 13.8. The van der Waals surface area contributed by atoms with Crippen molar-refractivity contribution < 1.29 is 22.7 Å². The molecule has 1 atom stereocenters. The van der Waals surface area contributed by atoms with Gasteiger partial charge in [0.05, 0.1) is 18.3 Å². The number of nitrogens with one attached hydrogen (secondary N) is 1. The van der Waals surface area contributed by atoms with Crippen LogP contribution in [0.5, 0.6) is 5.75 Å². The van der Waals surface area contributed by atoms with E-state index in [2.05, 4.69) is 22.3 Å². The lowest BCUT2D eigenvalue weighted by Crippen LogP contribution is -2.52. The fourth-order valence-corrected chi connectivity index (χ4v) is 3.93. The lowest BCUT2D eigenvalue weighted by atomic mass is 10.1. The predicted molar refractivity (Wildman–Crippen MR) is 107 cm³/mol. The highest BCUT2D eigenvalue weighted by molar-refractivity contribution is 5.94. The molecule has 0 radical (unpaired) electrons. The first-order valence-electron chi connectivity index (χ1n) is 10.1. The number of fused-ring (bicyclic) bond motifs is 1. The molecule has 2 aromatic rings. The van der Waals surface area contributed by atoms with Crippen LogP contribution in [0.2, 0.25) is 0 Å². The van der Waals surface area contributed by atoms with E-state index < -0.39 is 29.4 Å². The van der Waals surface area contributed by atoms with E-state index >= 15 is 0 Å². The van der Waals surface area contributed by atoms with Gasteiger partial charge in [0.25, 0.3) is 0 Å². The third kappa shape index (κ3) is 4.29. The number of nitrogens with zero attached hydrogens (tertiary/aromatic N) is 2. The number of hydrogen-bond donors (Lipinski definition) is 1. The van der Waals surface area contributed by atoms with Crippen molar-refractivity contribution in [2.75, 3.05) is 38.1 Å². The second-order valence-electron chi connectivity index (χ2n) is 7.74. The lowest BCUT2D eigenvalue weighted by molar-refractivity contribution is -0.121. The molecular formula is C22H24F3N3O2. The molecular weight excluding hydrogens is 395 g/mol. The number of benzene rings is 2. The van der Waals surface area contributed by atoms with Crippen molar-refractivity contribution in [1.82, 2.24) is 9.80 Å². The molecule has 5 nitrogen and oxygen atoms in total. The molecule has 0 bridgehead atoms. The first-order chi connectivity index (χ1) is 14.4. The van der Waals surface area contributed by atoms with Gasteiger partial charge < -0.3 is 10.1 Å². The van der Waals surface area contributed by atoms with Gasteiger partial charge in [-0.15, -0.1) is 0 Å². The van der Waals surface area contributed by atoms with Crippen molar-refractivity contribution in [3.63, 3.8) is 0 Å². The average Bonchev–Trinajstić information content (AvgIpc) is 3.22. The standard InChI is InChI=1S/C22H24F3N3O2/c1-14(22(29)26-18-4-3-17(23)20(24)21(18)25)28-9-7-27(8-10-28)13-15-2-5-19-16(12-15)6-11-30-19/h2-5,12,14H,6-11,13H2,1H3,(H,26,29)/t14-/m1/s1. The van der Waals surface area contributed by atoms with E-state index in [0.29, 0.717) is 13.1 Å². The Bertz CT molecular complexity index is 945. The van der Waals surface area contributed by atoms with Gasteiger partial charge in [-0.05, 0) is 36.2 Å². The van der Waals surface area contributed by atoms with Crippen LogP contribution in [0.15, 0.2) is 30.3 Å². The summed E-state index contributed by atoms with van der Waals surface area (Å²) in [6, 6.07) is 7.61. The Morgan fingerprint density at radius 2 is 1.87 bits per heavy atom. The fourth-order valence-electron chi connectivity index (χ4n) is 3.93. The van der Waals surface area contributed by atoms with Gasteiger partial charge in [0.15, 0.2) is 17.5 Å². The van der Waals surface area contributed by atoms with E-state index in [1.165, 1.54) is 11.1 Å². The summed E-state index contributed by atoms with van der Waals surface area (Å²) < 4.78 is 45.8. The Hall–Kier alpha value is -2.58. The van der Waals surface area contributed by atoms with Gasteiger partial charge in [-0.3, -0.25) is 14.6 Å². The molecule has 1 amide bonds. The molecule has 160 valence electrons. The summed E-state index contributed by atoms with van der Waals surface area (Å²) in [7, 11) is 0. The summed E-state index contributed by atoms with van der Waals surface area (Å²) in [6.45, 7) is 6.26. The predicted octanol–water partition coefficient (Wildman–Crippen LogP) is 3.18. The van der Waals surface area contributed by atoms with Crippen LogP contribution >= 0.6 is 0 Å². The number of hydrogen-bond acceptors (Lipinski definition) is 4. The van der Waals surface area contributed by atoms with E-state index in [1.807, 2.05) is 11.0 Å². The SMILES string of the molecule is C[C@H](C(=O)Nc1ccc(F)c(F)c1F)N1CCN(Cc2ccc3c(c2)CCO3)CC1. The second-order valence-corrected chi connectivity index (χ2v) is 7.74. The summed E-state index contributed by atoms with van der Waals surface area (Å²) in [5.41, 5.74) is 2.14. The van der Waals surface area contributed by atoms with Gasteiger partial charge >= 0.3 is 0 Å². The molecule has 8 heteroatoms. The van der Waals surface area contributed by atoms with Crippen LogP contribution in [0.4, 0.5) is 18.9 Å². The van der Waals surface area contributed by atoms with Crippen molar-refractivity contribution in [1.29, 1.82) is 0 Å². The number of amides is 1. The number of anilines is 1. The van der Waals surface area contributed by atoms with Crippen LogP contribution in [0.25, 0.3) is 0 Å². The smallest absolute Gasteiger partial charge is 0.241 e. The molecule has 30 heavy (non-hydrogen) atoms. The highest BCUT2D eigenvalue weighted by atomic mass is 19.2. The van der Waals surface area contributed by atoms with Gasteiger partial charge in [-0.25, -0.2) is 13.2 Å². The summed E-state index contributed by atoms with van der Waals surface area (Å²) in [6.07, 6.45) is 0.947. The topological polar surface area (TPSA) is 44.8 Å². The Labute approximate surface area is 173 Å². The van der Waals surface area contributed by atoms with Gasteiger partial charge in [0.1, 0.15) is 5.75 Å². The monoisotopic (exact) mass is 419 g/mol. The molecule has 1 N–H and O–H groups in total. The third-order valence-electron chi connectivity index (χ3n) is 5.79. The van der Waals surface area contributed by atoms with Gasteiger partial charge in [-0.1, -0.05) is 12.1 Å². The van der Waals surface area contributed by atoms with E-state index in [4.69, 9.17) is 4.74 Å². The first kappa shape index (κ1) is 20.7. The second kappa shape index (κ2) is 8.65. The zero-order valence-corrected chi connectivity index (χ0v) is 16.8. The molecule has 0 spiro atoms. The highest BCUT2D eigenvalue weighted by Gasteiger charge is 2.27. The Morgan fingerprint density at radius 1 is 1.10 bits per heavy atom. The van der Waals surface area contributed by atoms with Crippen molar-refractivity contribution in [3.05, 3.63) is 58.9 Å². The molecule has 0 saturated carbocycles. The number of halogens is 3. The van der Waals surface area contributed by atoms with Crippen LogP contribution < -0.4 is 10.1 Å². The first-order valence-corrected chi connectivity index (χ1v) is 10.1. The Morgan fingerprint density at radius 3 is 2.63 bits per heavy atom. The highest BCUT2D eigenvalue weighted by Crippen LogP contribution is 2.26. The van der Waals surface area contributed by atoms with Crippen LogP contribution in [0.1, 0.15) is 18.1 Å². The van der Waals surface area contributed by atoms with Crippen LogP contribution in [-0.4, -0.2) is 54.5 Å². The largest absolute Gasteiger partial charge is 0.493 e. The molecule has 2 heterocycles. The third-order valence-corrected chi connectivity index (χ3v) is 5.79. The van der Waals surface area contributed by atoms with Crippen molar-refractivity contribution >= 4 is 11.6 Å². The van der Waals surface area contributed by atoms with Gasteiger partial charge in [0, 0.05) is 39.1 Å². The van der Waals surface area contributed by atoms with Gasteiger partial charge in [-0.2, -0.15) is 0 Å². The molecule has 0 aromatic heterocycles. The van der Waals surface area contributed by atoms with Crippen molar-refractivity contribution in [2.24, 2.45) is 0 Å². The summed E-state index contributed by atoms with van der Waals surface area (Å²) in [5, 5.41) is 2.36. The van der Waals surface area contributed by atoms with Crippen molar-refractivity contribution in [2.45, 2.75) is 25.9 Å². The maximum Gasteiger partial charge on any atom is 0.241 e. The van der Waals surface area contributed by atoms with E-state index in [-0.39, 0.29) is 5.69 Å². The van der Waals surface area contributed by atoms with E-state index in [9.17, 15) is 18.0 Å². The molecule has 1 saturated heterocycles. The molecule has 4 rings (SSSR count). The minimum Gasteiger partial charge on any atom is -0.493 e. The summed E-state index contributed by atoms with van der Waals surface area (Å²) in [4.78, 5) is 16.8. The molecule has 0 unspecified atom stereocenters. The number of rotatable bonds is 5. The Balaban J connectivity index is 1.30. The molecule has 0 aliphatic carbocycles. The average molecular weight is 419 g/mol. The van der Waals surface area contributed by atoms with Crippen LogP contribution in [0.3, 0.4) is 0 Å². The molecule has 2 aliphatic rings. The number of carbonyl (C=O) groups is 1. The number of ether oxygens (including phenoxy) is 1. The summed E-state index contributed by atoms with van der Waals surface area (Å²) in [5.74, 6) is -3.74. The Kier molecular flexibility index (Phi) is 5.97. The van der Waals surface area contributed by atoms with E-state index in [0.717, 1.165) is 50.5 Å². The lowest BCUT2D eigenvalue weighted by Gasteiger charge is -2.37. The molecule has 2 aromatic carbocycles. The maximum absolute atomic E-state index is 13.8. The number of carbonyl (C=O) groups excluding carboxylic acids is 1. The zero-order valence-electron chi connectivity index (χ0n) is 16.8. The molecule has 2 aliphatic heterocycles. The normalized spacial score (nSPS) is 18.0. The summed E-state index contributed by atoms with van der Waals surface area (Å²) >= 11 is 0. The fraction of sp³-hybridized carbons (Fsp3) is 0.409. The van der Waals surface area contributed by atoms with Crippen LogP contribution in [0, 0.1) is 17.5 Å². The van der Waals surface area contributed by atoms with Gasteiger partial charge in [0.2, 0.25) is 5.91 Å². The van der Waals surface area contributed by atoms with Crippen molar-refractivity contribution in [3.8, 4) is 5.75 Å². The zero-order chi connectivity index (χ0) is 21.3. The minimum atomic E-state index is -1.59. The molecule has 1 fully saturated rings.